The summed E-state index contributed by atoms with van der Waals surface area (Å²) in [7, 11) is 5.91. The average molecular weight is 363 g/mol. The Morgan fingerprint density at radius 1 is 1.44 bits per heavy atom. The number of nitrogens with one attached hydrogen (secondary N) is 1. The first kappa shape index (κ1) is 17.8. The molecule has 3 rings (SSSR count). The number of carbonyl (C=O) groups excluding carboxylic acids is 1. The Labute approximate surface area is 151 Å². The fraction of sp³-hybridized carbons (Fsp3) is 0.625. The number of urea groups is 1. The van der Waals surface area contributed by atoms with Gasteiger partial charge in [0.05, 0.1) is 6.20 Å². The second-order valence-corrected chi connectivity index (χ2v) is 7.89. The van der Waals surface area contributed by atoms with E-state index in [9.17, 15) is 4.79 Å². The molecule has 0 aromatic carbocycles. The zero-order valence-corrected chi connectivity index (χ0v) is 16.0. The van der Waals surface area contributed by atoms with Crippen molar-refractivity contribution >= 4 is 22.5 Å². The van der Waals surface area contributed by atoms with Gasteiger partial charge in [-0.15, -0.1) is 10.2 Å². The van der Waals surface area contributed by atoms with Crippen LogP contribution in [0.1, 0.15) is 29.5 Å². The largest absolute Gasteiger partial charge is 0.327 e. The molecule has 2 amide bonds. The third-order valence-corrected chi connectivity index (χ3v) is 5.42. The van der Waals surface area contributed by atoms with Crippen LogP contribution in [0.5, 0.6) is 0 Å². The lowest BCUT2D eigenvalue weighted by atomic mass is 9.86. The van der Waals surface area contributed by atoms with Gasteiger partial charge in [0.2, 0.25) is 5.13 Å². The quantitative estimate of drug-likeness (QED) is 0.900. The lowest BCUT2D eigenvalue weighted by Crippen LogP contribution is -2.43. The van der Waals surface area contributed by atoms with E-state index < -0.39 is 0 Å². The Kier molecular flexibility index (Phi) is 5.33. The van der Waals surface area contributed by atoms with Crippen LogP contribution in [0.3, 0.4) is 0 Å². The first-order chi connectivity index (χ1) is 11.9. The zero-order valence-electron chi connectivity index (χ0n) is 15.1. The highest BCUT2D eigenvalue weighted by atomic mass is 32.1. The summed E-state index contributed by atoms with van der Waals surface area (Å²) in [6, 6.07) is 0.135. The third kappa shape index (κ3) is 4.16. The third-order valence-electron chi connectivity index (χ3n) is 4.67. The van der Waals surface area contributed by atoms with Crippen LogP contribution < -0.4 is 5.32 Å². The number of amides is 2. The molecule has 136 valence electrons. The number of hydrogen-bond acceptors (Lipinski definition) is 6. The molecule has 0 aliphatic carbocycles. The van der Waals surface area contributed by atoms with Crippen LogP contribution in [0.4, 0.5) is 9.93 Å². The fourth-order valence-corrected chi connectivity index (χ4v) is 4.12. The minimum Gasteiger partial charge on any atom is -0.327 e. The van der Waals surface area contributed by atoms with Gasteiger partial charge in [0.25, 0.3) is 0 Å². The molecular formula is C16H25N7OS. The van der Waals surface area contributed by atoms with Gasteiger partial charge in [-0.25, -0.2) is 4.79 Å². The van der Waals surface area contributed by atoms with Gasteiger partial charge in [-0.3, -0.25) is 14.9 Å². The van der Waals surface area contributed by atoms with Crippen molar-refractivity contribution < 1.29 is 4.79 Å². The average Bonchev–Trinajstić information content (AvgIpc) is 3.16. The van der Waals surface area contributed by atoms with E-state index in [1.54, 1.807) is 4.90 Å². The maximum Gasteiger partial charge on any atom is 0.323 e. The van der Waals surface area contributed by atoms with Gasteiger partial charge >= 0.3 is 6.03 Å². The smallest absolute Gasteiger partial charge is 0.323 e. The van der Waals surface area contributed by atoms with E-state index in [0.29, 0.717) is 17.6 Å². The molecule has 0 saturated carbocycles. The van der Waals surface area contributed by atoms with E-state index in [4.69, 9.17) is 0 Å². The summed E-state index contributed by atoms with van der Waals surface area (Å²) in [5, 5.41) is 16.4. The number of aryl methyl sites for hydroxylation is 2. The Balaban J connectivity index is 1.67. The van der Waals surface area contributed by atoms with Crippen molar-refractivity contribution in [3.05, 3.63) is 23.0 Å². The van der Waals surface area contributed by atoms with Gasteiger partial charge in [0.1, 0.15) is 5.01 Å². The van der Waals surface area contributed by atoms with Gasteiger partial charge in [0, 0.05) is 38.4 Å². The van der Waals surface area contributed by atoms with Gasteiger partial charge < -0.3 is 4.90 Å². The second kappa shape index (κ2) is 7.49. The molecular weight excluding hydrogens is 338 g/mol. The monoisotopic (exact) mass is 363 g/mol. The maximum absolute atomic E-state index is 12.4. The number of rotatable bonds is 4. The second-order valence-electron chi connectivity index (χ2n) is 6.71. The molecule has 2 aromatic heterocycles. The summed E-state index contributed by atoms with van der Waals surface area (Å²) >= 11 is 1.38. The van der Waals surface area contributed by atoms with Gasteiger partial charge in [-0.2, -0.15) is 5.10 Å². The van der Waals surface area contributed by atoms with Gasteiger partial charge in [-0.05, 0) is 39.3 Å². The van der Waals surface area contributed by atoms with E-state index in [0.717, 1.165) is 24.4 Å². The summed E-state index contributed by atoms with van der Waals surface area (Å²) in [5.41, 5.74) is 1.21. The topological polar surface area (TPSA) is 79.2 Å². The van der Waals surface area contributed by atoms with Crippen LogP contribution in [-0.4, -0.2) is 63.0 Å². The predicted octanol–water partition coefficient (Wildman–Crippen LogP) is 2.13. The van der Waals surface area contributed by atoms with Crippen molar-refractivity contribution in [2.45, 2.75) is 25.8 Å². The molecule has 3 heterocycles. The highest BCUT2D eigenvalue weighted by Crippen LogP contribution is 2.35. The van der Waals surface area contributed by atoms with Crippen molar-refractivity contribution in [3.63, 3.8) is 0 Å². The van der Waals surface area contributed by atoms with Crippen molar-refractivity contribution in [1.29, 1.82) is 0 Å². The molecule has 2 atom stereocenters. The van der Waals surface area contributed by atoms with Gasteiger partial charge in [0.15, 0.2) is 0 Å². The van der Waals surface area contributed by atoms with Crippen LogP contribution in [-0.2, 0) is 7.05 Å². The maximum atomic E-state index is 12.4. The van der Waals surface area contributed by atoms with E-state index >= 15 is 0 Å². The minimum atomic E-state index is -0.144. The SMILES string of the molecule is Cc1nnc(NC(=O)N(C)C[C@@H]2CCCN(C)[C@H]2c2cnn(C)c2)s1. The minimum absolute atomic E-state index is 0.144. The number of hydrogen-bond donors (Lipinski definition) is 1. The number of carbonyl (C=O) groups is 1. The Morgan fingerprint density at radius 3 is 2.88 bits per heavy atom. The molecule has 1 N–H and O–H groups in total. The molecule has 8 nitrogen and oxygen atoms in total. The molecule has 1 aliphatic heterocycles. The molecule has 0 bridgehead atoms. The molecule has 1 saturated heterocycles. The summed E-state index contributed by atoms with van der Waals surface area (Å²) in [4.78, 5) is 16.6. The number of aromatic nitrogens is 4. The van der Waals surface area contributed by atoms with Crippen LogP contribution in [0.15, 0.2) is 12.4 Å². The molecule has 1 fully saturated rings. The van der Waals surface area contributed by atoms with Crippen molar-refractivity contribution in [2.75, 3.05) is 32.5 Å². The van der Waals surface area contributed by atoms with E-state index in [1.165, 1.54) is 16.9 Å². The molecule has 2 aromatic rings. The molecule has 0 unspecified atom stereocenters. The van der Waals surface area contributed by atoms with Crippen LogP contribution in [0.2, 0.25) is 0 Å². The first-order valence-electron chi connectivity index (χ1n) is 8.45. The predicted molar refractivity (Wildman–Crippen MR) is 97.6 cm³/mol. The first-order valence-corrected chi connectivity index (χ1v) is 9.26. The fourth-order valence-electron chi connectivity index (χ4n) is 3.54. The highest BCUT2D eigenvalue weighted by Gasteiger charge is 2.32. The van der Waals surface area contributed by atoms with E-state index in [2.05, 4.69) is 38.8 Å². The molecule has 0 spiro atoms. The molecule has 1 aliphatic rings. The Bertz CT molecular complexity index is 728. The normalized spacial score (nSPS) is 21.3. The number of nitrogens with zero attached hydrogens (tertiary/aromatic N) is 6. The lowest BCUT2D eigenvalue weighted by molar-refractivity contribution is 0.101. The van der Waals surface area contributed by atoms with Crippen LogP contribution in [0, 0.1) is 12.8 Å². The van der Waals surface area contributed by atoms with Gasteiger partial charge in [-0.1, -0.05) is 11.3 Å². The highest BCUT2D eigenvalue weighted by molar-refractivity contribution is 7.15. The van der Waals surface area contributed by atoms with Crippen LogP contribution >= 0.6 is 11.3 Å². The lowest BCUT2D eigenvalue weighted by Gasteiger charge is -2.40. The van der Waals surface area contributed by atoms with E-state index in [-0.39, 0.29) is 12.1 Å². The molecule has 25 heavy (non-hydrogen) atoms. The number of likely N-dealkylation sites (tertiary alicyclic amines) is 1. The van der Waals surface area contributed by atoms with Crippen LogP contribution in [0.25, 0.3) is 0 Å². The van der Waals surface area contributed by atoms with Crippen molar-refractivity contribution in [2.24, 2.45) is 13.0 Å². The summed E-state index contributed by atoms with van der Waals surface area (Å²) in [6.07, 6.45) is 6.25. The van der Waals surface area contributed by atoms with Crippen molar-refractivity contribution in [1.82, 2.24) is 29.8 Å². The summed E-state index contributed by atoms with van der Waals surface area (Å²) in [6.45, 7) is 3.62. The number of anilines is 1. The summed E-state index contributed by atoms with van der Waals surface area (Å²) in [5.74, 6) is 0.370. The Hall–Kier alpha value is -2.00. The Morgan fingerprint density at radius 2 is 2.24 bits per heavy atom. The van der Waals surface area contributed by atoms with E-state index in [1.807, 2.05) is 31.9 Å². The molecule has 9 heteroatoms. The molecule has 0 radical (unpaired) electrons. The summed E-state index contributed by atoms with van der Waals surface area (Å²) < 4.78 is 1.84. The zero-order chi connectivity index (χ0) is 18.0. The van der Waals surface area contributed by atoms with Crippen molar-refractivity contribution in [3.8, 4) is 0 Å². The standard InChI is InChI=1S/C16H25N7OS/c1-11-19-20-15(25-11)18-16(24)22(3)9-12-6-5-7-21(2)14(12)13-8-17-23(4)10-13/h8,10,12,14H,5-7,9H2,1-4H3,(H,18,20,24)/t12-,14+/m0/s1. The number of piperidine rings is 1.